The molecule has 3 nitrogen and oxygen atoms in total. The van der Waals surface area contributed by atoms with Crippen LogP contribution in [0.1, 0.15) is 54.3 Å². The smallest absolute Gasteiger partial charge is 0.134 e. The van der Waals surface area contributed by atoms with Gasteiger partial charge in [-0.05, 0) is 66.5 Å². The highest BCUT2D eigenvalue weighted by molar-refractivity contribution is 7.16. The van der Waals surface area contributed by atoms with E-state index in [1.165, 1.54) is 10.4 Å². The summed E-state index contributed by atoms with van der Waals surface area (Å²) in [4.78, 5) is 6.00. The van der Waals surface area contributed by atoms with Crippen molar-refractivity contribution in [3.05, 3.63) is 78.6 Å². The highest BCUT2D eigenvalue weighted by Crippen LogP contribution is 2.45. The number of benzene rings is 2. The van der Waals surface area contributed by atoms with Crippen LogP contribution in [0.3, 0.4) is 0 Å². The fourth-order valence-corrected chi connectivity index (χ4v) is 6.06. The Hall–Kier alpha value is -2.03. The zero-order chi connectivity index (χ0) is 24.5. The molecule has 176 valence electrons. The van der Waals surface area contributed by atoms with E-state index in [4.69, 9.17) is 44.5 Å². The molecular weight excluding hydrogens is 507 g/mol. The Balaban J connectivity index is 1.59. The molecule has 0 spiro atoms. The maximum atomic E-state index is 9.86. The first-order chi connectivity index (χ1) is 16.2. The predicted molar refractivity (Wildman–Crippen MR) is 144 cm³/mol. The molecule has 0 radical (unpaired) electrons. The zero-order valence-electron chi connectivity index (χ0n) is 19.3. The van der Waals surface area contributed by atoms with E-state index >= 15 is 0 Å². The second-order valence-corrected chi connectivity index (χ2v) is 11.9. The zero-order valence-corrected chi connectivity index (χ0v) is 22.4. The van der Waals surface area contributed by atoms with Crippen LogP contribution >= 0.6 is 46.1 Å². The van der Waals surface area contributed by atoms with Gasteiger partial charge >= 0.3 is 0 Å². The molecule has 0 fully saturated rings. The first kappa shape index (κ1) is 25.1. The lowest BCUT2D eigenvalue weighted by atomic mass is 9.72. The van der Waals surface area contributed by atoms with Crippen molar-refractivity contribution in [2.45, 2.75) is 46.6 Å². The molecule has 0 bridgehead atoms. The molecule has 1 aliphatic carbocycles. The van der Waals surface area contributed by atoms with Gasteiger partial charge in [0.2, 0.25) is 0 Å². The van der Waals surface area contributed by atoms with Gasteiger partial charge in [-0.25, -0.2) is 4.99 Å². The maximum Gasteiger partial charge on any atom is 0.134 e. The van der Waals surface area contributed by atoms with E-state index in [9.17, 15) is 5.26 Å². The average molecular weight is 532 g/mol. The maximum absolute atomic E-state index is 9.86. The lowest BCUT2D eigenvalue weighted by molar-refractivity contribution is 0.218. The molecule has 4 rings (SSSR count). The van der Waals surface area contributed by atoms with Crippen LogP contribution in [-0.4, -0.2) is 6.21 Å². The van der Waals surface area contributed by atoms with Gasteiger partial charge in [-0.2, -0.15) is 5.26 Å². The molecule has 1 heterocycles. The highest BCUT2D eigenvalue weighted by Gasteiger charge is 2.32. The van der Waals surface area contributed by atoms with Crippen LogP contribution in [0, 0.1) is 22.7 Å². The second-order valence-electron chi connectivity index (χ2n) is 9.57. The van der Waals surface area contributed by atoms with Gasteiger partial charge in [0.25, 0.3) is 0 Å². The van der Waals surface area contributed by atoms with Crippen molar-refractivity contribution in [3.63, 3.8) is 0 Å². The molecule has 1 atom stereocenters. The summed E-state index contributed by atoms with van der Waals surface area (Å²) in [5.74, 6) is 1.24. The van der Waals surface area contributed by atoms with E-state index in [0.29, 0.717) is 32.3 Å². The van der Waals surface area contributed by atoms with Crippen molar-refractivity contribution in [1.82, 2.24) is 0 Å². The van der Waals surface area contributed by atoms with Gasteiger partial charge in [0.05, 0.1) is 5.56 Å². The summed E-state index contributed by atoms with van der Waals surface area (Å²) in [6.45, 7) is 7.15. The van der Waals surface area contributed by atoms with Gasteiger partial charge < -0.3 is 4.74 Å². The molecule has 0 unspecified atom stereocenters. The monoisotopic (exact) mass is 530 g/mol. The first-order valence-electron chi connectivity index (χ1n) is 11.1. The van der Waals surface area contributed by atoms with E-state index in [1.807, 2.05) is 12.1 Å². The summed E-state index contributed by atoms with van der Waals surface area (Å²) in [6, 6.07) is 13.1. The predicted octanol–water partition coefficient (Wildman–Crippen LogP) is 9.06. The molecule has 0 amide bonds. The number of nitrogens with zero attached hydrogens (tertiary/aromatic N) is 2. The third-order valence-corrected chi connectivity index (χ3v) is 8.26. The normalized spacial score (nSPS) is 15.9. The molecule has 0 saturated heterocycles. The molecule has 7 heteroatoms. The highest BCUT2D eigenvalue weighted by atomic mass is 35.5. The molecule has 3 aromatic rings. The Morgan fingerprint density at radius 2 is 1.88 bits per heavy atom. The third kappa shape index (κ3) is 5.61. The molecule has 1 aromatic heterocycles. The van der Waals surface area contributed by atoms with Crippen molar-refractivity contribution >= 4 is 57.4 Å². The van der Waals surface area contributed by atoms with Gasteiger partial charge in [0.1, 0.15) is 23.4 Å². The first-order valence-corrected chi connectivity index (χ1v) is 13.1. The van der Waals surface area contributed by atoms with Crippen LogP contribution in [0.4, 0.5) is 5.00 Å². The molecule has 0 saturated carbocycles. The fourth-order valence-electron chi connectivity index (χ4n) is 4.19. The second kappa shape index (κ2) is 10.3. The summed E-state index contributed by atoms with van der Waals surface area (Å²) < 4.78 is 6.04. The topological polar surface area (TPSA) is 45.4 Å². The number of rotatable bonds is 5. The molecular formula is C27H25Cl3N2OS. The van der Waals surface area contributed by atoms with Crippen molar-refractivity contribution < 1.29 is 4.74 Å². The Morgan fingerprint density at radius 1 is 1.15 bits per heavy atom. The number of fused-ring (bicyclic) bond motifs is 1. The molecule has 2 aromatic carbocycles. The summed E-state index contributed by atoms with van der Waals surface area (Å²) >= 11 is 20.2. The minimum absolute atomic E-state index is 0.248. The van der Waals surface area contributed by atoms with Crippen LogP contribution in [0.5, 0.6) is 5.75 Å². The number of thiophene rings is 1. The van der Waals surface area contributed by atoms with E-state index in [2.05, 4.69) is 26.8 Å². The SMILES string of the molecule is CC(C)(C)[C@H]1CCc2c(sc(N=Cc3cc(Cl)ccc3OCc3ccc(Cl)cc3Cl)c2C#N)C1. The number of ether oxygens (including phenoxy) is 1. The number of halogens is 3. The lowest BCUT2D eigenvalue weighted by Gasteiger charge is -2.33. The van der Waals surface area contributed by atoms with Crippen molar-refractivity contribution in [2.24, 2.45) is 16.3 Å². The van der Waals surface area contributed by atoms with Gasteiger partial charge in [-0.1, -0.05) is 61.6 Å². The van der Waals surface area contributed by atoms with Crippen molar-refractivity contribution in [3.8, 4) is 11.8 Å². The number of nitriles is 1. The van der Waals surface area contributed by atoms with Gasteiger partial charge in [0, 0.05) is 37.3 Å². The standard InChI is InChI=1S/C27H25Cl3N2OS/c1-27(2,3)18-5-8-21-22(13-31)26(34-25(21)11-18)32-14-17-10-19(28)7-9-24(17)33-15-16-4-6-20(29)12-23(16)30/h4,6-7,9-10,12,14,18H,5,8,11,15H2,1-3H3/t18-/m0/s1. The molecule has 0 aliphatic heterocycles. The van der Waals surface area contributed by atoms with E-state index in [0.717, 1.165) is 35.4 Å². The summed E-state index contributed by atoms with van der Waals surface area (Å²) in [7, 11) is 0. The number of hydrogen-bond donors (Lipinski definition) is 0. The Kier molecular flexibility index (Phi) is 7.60. The van der Waals surface area contributed by atoms with Gasteiger partial charge in [-0.15, -0.1) is 11.3 Å². The van der Waals surface area contributed by atoms with Crippen LogP contribution < -0.4 is 4.74 Å². The molecule has 1 aliphatic rings. The van der Waals surface area contributed by atoms with Crippen LogP contribution in [-0.2, 0) is 19.4 Å². The largest absolute Gasteiger partial charge is 0.488 e. The summed E-state index contributed by atoms with van der Waals surface area (Å²) in [6.07, 6.45) is 4.76. The van der Waals surface area contributed by atoms with Crippen LogP contribution in [0.2, 0.25) is 15.1 Å². The van der Waals surface area contributed by atoms with E-state index < -0.39 is 0 Å². The molecule has 0 N–H and O–H groups in total. The Labute approximate surface area is 220 Å². The van der Waals surface area contributed by atoms with Crippen LogP contribution in [0.25, 0.3) is 0 Å². The Morgan fingerprint density at radius 3 is 2.59 bits per heavy atom. The lowest BCUT2D eigenvalue weighted by Crippen LogP contribution is -2.26. The third-order valence-electron chi connectivity index (χ3n) is 6.27. The summed E-state index contributed by atoms with van der Waals surface area (Å²) in [5.41, 5.74) is 3.68. The fraction of sp³-hybridized carbons (Fsp3) is 0.333. The number of aliphatic imine (C=N–C) groups is 1. The summed E-state index contributed by atoms with van der Waals surface area (Å²) in [5, 5.41) is 12.3. The number of hydrogen-bond acceptors (Lipinski definition) is 4. The van der Waals surface area contributed by atoms with E-state index in [1.54, 1.807) is 41.8 Å². The van der Waals surface area contributed by atoms with Crippen LogP contribution in [0.15, 0.2) is 41.4 Å². The minimum Gasteiger partial charge on any atom is -0.488 e. The molecule has 34 heavy (non-hydrogen) atoms. The van der Waals surface area contributed by atoms with Crippen molar-refractivity contribution in [1.29, 1.82) is 5.26 Å². The minimum atomic E-state index is 0.248. The van der Waals surface area contributed by atoms with Crippen molar-refractivity contribution in [2.75, 3.05) is 0 Å². The average Bonchev–Trinajstić information content (AvgIpc) is 3.14. The quantitative estimate of drug-likeness (QED) is 0.308. The van der Waals surface area contributed by atoms with Gasteiger partial charge in [-0.3, -0.25) is 0 Å². The van der Waals surface area contributed by atoms with Gasteiger partial charge in [0.15, 0.2) is 0 Å². The van der Waals surface area contributed by atoms with E-state index in [-0.39, 0.29) is 12.0 Å². The Bertz CT molecular complexity index is 1280.